The van der Waals surface area contributed by atoms with Crippen LogP contribution in [0.2, 0.25) is 5.02 Å². The number of carbonyl (C=O) groups is 1. The molecular formula is C26H26ClN3O2S2. The van der Waals surface area contributed by atoms with Gasteiger partial charge < -0.3 is 4.74 Å². The number of nitrogens with zero attached hydrogens (tertiary/aromatic N) is 3. The molecule has 0 bridgehead atoms. The van der Waals surface area contributed by atoms with E-state index in [1.807, 2.05) is 79.3 Å². The third-order valence-corrected chi connectivity index (χ3v) is 7.20. The summed E-state index contributed by atoms with van der Waals surface area (Å²) in [6.45, 7) is 6.71. The smallest absolute Gasteiger partial charge is 0.266 e. The van der Waals surface area contributed by atoms with Crippen molar-refractivity contribution in [2.75, 3.05) is 6.61 Å². The van der Waals surface area contributed by atoms with Gasteiger partial charge in [0.25, 0.3) is 5.91 Å². The van der Waals surface area contributed by atoms with Crippen LogP contribution in [0.1, 0.15) is 39.2 Å². The minimum absolute atomic E-state index is 0.0550. The summed E-state index contributed by atoms with van der Waals surface area (Å²) in [6, 6.07) is 15.6. The summed E-state index contributed by atoms with van der Waals surface area (Å²) in [5.41, 5.74) is 3.30. The van der Waals surface area contributed by atoms with Crippen molar-refractivity contribution in [2.45, 2.75) is 39.7 Å². The maximum absolute atomic E-state index is 13.1. The molecule has 8 heteroatoms. The molecule has 1 aromatic heterocycles. The van der Waals surface area contributed by atoms with Gasteiger partial charge in [-0.3, -0.25) is 9.69 Å². The van der Waals surface area contributed by atoms with Gasteiger partial charge in [-0.25, -0.2) is 4.68 Å². The number of para-hydroxylation sites is 1. The molecule has 1 amide bonds. The lowest BCUT2D eigenvalue weighted by atomic mass is 10.1. The lowest BCUT2D eigenvalue weighted by Gasteiger charge is -2.21. The zero-order chi connectivity index (χ0) is 24.2. The van der Waals surface area contributed by atoms with Gasteiger partial charge in [0.1, 0.15) is 15.8 Å². The third-order valence-electron chi connectivity index (χ3n) is 5.57. The highest BCUT2D eigenvalue weighted by molar-refractivity contribution is 8.26. The number of rotatable bonds is 8. The predicted molar refractivity (Wildman–Crippen MR) is 145 cm³/mol. The molecule has 2 heterocycles. The minimum atomic E-state index is -0.0656. The molecule has 0 radical (unpaired) electrons. The van der Waals surface area contributed by atoms with Crippen LogP contribution in [-0.2, 0) is 4.79 Å². The Balaban J connectivity index is 1.78. The van der Waals surface area contributed by atoms with Gasteiger partial charge in [0, 0.05) is 23.4 Å². The van der Waals surface area contributed by atoms with Gasteiger partial charge in [-0.15, -0.1) is 0 Å². The van der Waals surface area contributed by atoms with Crippen molar-refractivity contribution in [3.8, 4) is 22.7 Å². The fourth-order valence-corrected chi connectivity index (χ4v) is 5.28. The molecule has 0 unspecified atom stereocenters. The highest BCUT2D eigenvalue weighted by Gasteiger charge is 2.35. The van der Waals surface area contributed by atoms with E-state index < -0.39 is 0 Å². The van der Waals surface area contributed by atoms with Gasteiger partial charge in [-0.2, -0.15) is 5.10 Å². The fraction of sp³-hybridized carbons (Fsp3) is 0.269. The van der Waals surface area contributed by atoms with E-state index in [1.54, 1.807) is 4.90 Å². The van der Waals surface area contributed by atoms with Crippen LogP contribution < -0.4 is 4.74 Å². The number of ether oxygens (including phenoxy) is 1. The monoisotopic (exact) mass is 511 g/mol. The van der Waals surface area contributed by atoms with Crippen molar-refractivity contribution >= 4 is 51.9 Å². The first kappa shape index (κ1) is 24.5. The first-order valence-corrected chi connectivity index (χ1v) is 12.9. The van der Waals surface area contributed by atoms with E-state index in [4.69, 9.17) is 33.7 Å². The third kappa shape index (κ3) is 5.06. The highest BCUT2D eigenvalue weighted by Crippen LogP contribution is 2.37. The lowest BCUT2D eigenvalue weighted by molar-refractivity contribution is -0.123. The van der Waals surface area contributed by atoms with Crippen LogP contribution >= 0.6 is 35.6 Å². The summed E-state index contributed by atoms with van der Waals surface area (Å²) < 4.78 is 8.12. The molecule has 1 fully saturated rings. The molecule has 4 rings (SSSR count). The molecule has 0 spiro atoms. The fourth-order valence-electron chi connectivity index (χ4n) is 3.59. The van der Waals surface area contributed by atoms with Crippen molar-refractivity contribution < 1.29 is 9.53 Å². The average Bonchev–Trinajstić information content (AvgIpc) is 3.39. The zero-order valence-electron chi connectivity index (χ0n) is 19.3. The van der Waals surface area contributed by atoms with E-state index in [-0.39, 0.29) is 11.9 Å². The summed E-state index contributed by atoms with van der Waals surface area (Å²) in [5.74, 6) is 0.579. The van der Waals surface area contributed by atoms with Crippen LogP contribution in [0, 0.1) is 0 Å². The molecule has 1 aliphatic heterocycles. The first-order chi connectivity index (χ1) is 16.4. The average molecular weight is 512 g/mol. The lowest BCUT2D eigenvalue weighted by Crippen LogP contribution is -2.36. The van der Waals surface area contributed by atoms with Gasteiger partial charge in [0.2, 0.25) is 0 Å². The molecule has 3 aromatic rings. The van der Waals surface area contributed by atoms with Crippen molar-refractivity contribution in [3.63, 3.8) is 0 Å². The van der Waals surface area contributed by atoms with Crippen LogP contribution in [0.15, 0.2) is 59.6 Å². The van der Waals surface area contributed by atoms with E-state index in [0.717, 1.165) is 35.3 Å². The second-order valence-electron chi connectivity index (χ2n) is 8.02. The molecule has 34 heavy (non-hydrogen) atoms. The van der Waals surface area contributed by atoms with Gasteiger partial charge in [0.15, 0.2) is 0 Å². The van der Waals surface area contributed by atoms with Gasteiger partial charge in [0.05, 0.1) is 22.2 Å². The normalized spacial score (nSPS) is 15.9. The number of hydrogen-bond acceptors (Lipinski definition) is 5. The summed E-state index contributed by atoms with van der Waals surface area (Å²) in [4.78, 5) is 15.4. The maximum atomic E-state index is 13.1. The molecule has 0 saturated carbocycles. The van der Waals surface area contributed by atoms with Crippen molar-refractivity contribution in [3.05, 3.63) is 70.2 Å². The number of aromatic nitrogens is 2. The first-order valence-electron chi connectivity index (χ1n) is 11.3. The number of amides is 1. The van der Waals surface area contributed by atoms with Crippen molar-refractivity contribution in [1.29, 1.82) is 0 Å². The Hall–Kier alpha value is -2.61. The Morgan fingerprint density at radius 2 is 1.97 bits per heavy atom. The Morgan fingerprint density at radius 1 is 1.21 bits per heavy atom. The molecule has 1 saturated heterocycles. The van der Waals surface area contributed by atoms with E-state index in [0.29, 0.717) is 26.6 Å². The van der Waals surface area contributed by atoms with E-state index >= 15 is 0 Å². The summed E-state index contributed by atoms with van der Waals surface area (Å²) in [7, 11) is 0. The second kappa shape index (κ2) is 10.8. The number of thiocarbonyl (C=S) groups is 1. The molecule has 0 N–H and O–H groups in total. The Bertz CT molecular complexity index is 1240. The van der Waals surface area contributed by atoms with Gasteiger partial charge >= 0.3 is 0 Å². The van der Waals surface area contributed by atoms with E-state index in [2.05, 4.69) is 6.92 Å². The van der Waals surface area contributed by atoms with Gasteiger partial charge in [-0.05, 0) is 56.2 Å². The maximum Gasteiger partial charge on any atom is 0.266 e. The van der Waals surface area contributed by atoms with Crippen LogP contribution in [0.4, 0.5) is 0 Å². The summed E-state index contributed by atoms with van der Waals surface area (Å²) >= 11 is 13.3. The minimum Gasteiger partial charge on any atom is -0.492 e. The van der Waals surface area contributed by atoms with Crippen LogP contribution in [0.3, 0.4) is 0 Å². The number of benzene rings is 2. The predicted octanol–water partition coefficient (Wildman–Crippen LogP) is 6.98. The molecule has 1 aliphatic rings. The summed E-state index contributed by atoms with van der Waals surface area (Å²) in [6.07, 6.45) is 5.54. The SMILES string of the molecule is CCCOc1ccc(-c2nn(-c3ccccc3)cc2/C=C2\SC(=S)N([C@H](C)CC)C2=O)cc1Cl. The standard InChI is InChI=1S/C26H26ClN3O2S2/c1-4-13-32-22-12-11-18(14-21(22)27)24-19(16-29(28-24)20-9-7-6-8-10-20)15-23-25(31)30(17(3)5-2)26(33)34-23/h6-12,14-17H,4-5,13H2,1-3H3/b23-15-/t17-/m1/s1. The molecule has 1 atom stereocenters. The zero-order valence-corrected chi connectivity index (χ0v) is 21.7. The Labute approximate surface area is 214 Å². The number of carbonyl (C=O) groups excluding carboxylic acids is 1. The topological polar surface area (TPSA) is 47.4 Å². The highest BCUT2D eigenvalue weighted by atomic mass is 35.5. The summed E-state index contributed by atoms with van der Waals surface area (Å²) in [5, 5.41) is 5.37. The number of hydrogen-bond donors (Lipinski definition) is 0. The van der Waals surface area contributed by atoms with Crippen molar-refractivity contribution in [1.82, 2.24) is 14.7 Å². The van der Waals surface area contributed by atoms with Crippen LogP contribution in [0.25, 0.3) is 23.0 Å². The Morgan fingerprint density at radius 3 is 2.65 bits per heavy atom. The van der Waals surface area contributed by atoms with E-state index in [1.165, 1.54) is 11.8 Å². The molecule has 176 valence electrons. The molecule has 5 nitrogen and oxygen atoms in total. The van der Waals surface area contributed by atoms with Crippen LogP contribution in [-0.4, -0.2) is 37.6 Å². The van der Waals surface area contributed by atoms with Gasteiger partial charge in [-0.1, -0.05) is 67.6 Å². The molecule has 0 aliphatic carbocycles. The Kier molecular flexibility index (Phi) is 7.76. The van der Waals surface area contributed by atoms with E-state index in [9.17, 15) is 4.79 Å². The largest absolute Gasteiger partial charge is 0.492 e. The molecular weight excluding hydrogens is 486 g/mol. The second-order valence-corrected chi connectivity index (χ2v) is 10.1. The number of thioether (sulfide) groups is 1. The van der Waals surface area contributed by atoms with Crippen molar-refractivity contribution in [2.24, 2.45) is 0 Å². The quantitative estimate of drug-likeness (QED) is 0.241. The van der Waals surface area contributed by atoms with Crippen LogP contribution in [0.5, 0.6) is 5.75 Å². The molecule has 2 aromatic carbocycles. The number of halogens is 1.